The zero-order valence-corrected chi connectivity index (χ0v) is 7.76. The number of esters is 1. The number of carbonyl (C=O) groups excluding carboxylic acids is 1. The first-order valence-electron chi connectivity index (χ1n) is 4.16. The molecule has 12 heavy (non-hydrogen) atoms. The Morgan fingerprint density at radius 3 is 2.83 bits per heavy atom. The van der Waals surface area contributed by atoms with Crippen LogP contribution in [-0.4, -0.2) is 39.4 Å². The maximum Gasteiger partial charge on any atom is 0.319 e. The number of hydrogen-bond acceptors (Lipinski definition) is 4. The van der Waals surface area contributed by atoms with Crippen molar-refractivity contribution in [2.75, 3.05) is 33.4 Å². The number of rotatable bonds is 7. The van der Waals surface area contributed by atoms with Gasteiger partial charge in [-0.3, -0.25) is 4.79 Å². The highest BCUT2D eigenvalue weighted by molar-refractivity contribution is 5.71. The lowest BCUT2D eigenvalue weighted by Crippen LogP contribution is -2.26. The summed E-state index contributed by atoms with van der Waals surface area (Å²) in [5.41, 5.74) is 0. The lowest BCUT2D eigenvalue weighted by molar-refractivity contribution is -0.142. The fourth-order valence-electron chi connectivity index (χ4n) is 0.744. The molecule has 0 aromatic rings. The van der Waals surface area contributed by atoms with Gasteiger partial charge in [0.1, 0.15) is 0 Å². The molecule has 4 nitrogen and oxygen atoms in total. The van der Waals surface area contributed by atoms with E-state index in [1.54, 1.807) is 14.0 Å². The number of ether oxygens (including phenoxy) is 2. The normalized spacial score (nSPS) is 9.83. The maximum atomic E-state index is 10.8. The van der Waals surface area contributed by atoms with Gasteiger partial charge >= 0.3 is 5.97 Å². The van der Waals surface area contributed by atoms with E-state index in [1.165, 1.54) is 0 Å². The summed E-state index contributed by atoms with van der Waals surface area (Å²) in [6.45, 7) is 4.03. The molecule has 0 saturated heterocycles. The van der Waals surface area contributed by atoms with Crippen molar-refractivity contribution >= 4 is 5.97 Å². The predicted molar refractivity (Wildman–Crippen MR) is 46.0 cm³/mol. The first-order chi connectivity index (χ1) is 5.81. The third-order valence-electron chi connectivity index (χ3n) is 1.28. The molecule has 0 radical (unpaired) electrons. The van der Waals surface area contributed by atoms with Gasteiger partial charge in [0.25, 0.3) is 0 Å². The van der Waals surface area contributed by atoms with Crippen LogP contribution in [0.25, 0.3) is 0 Å². The molecule has 0 fully saturated rings. The highest BCUT2D eigenvalue weighted by atomic mass is 16.5. The zero-order valence-electron chi connectivity index (χ0n) is 7.76. The van der Waals surface area contributed by atoms with Crippen molar-refractivity contribution in [2.45, 2.75) is 13.3 Å². The van der Waals surface area contributed by atoms with Crippen molar-refractivity contribution in [1.29, 1.82) is 0 Å². The van der Waals surface area contributed by atoms with Gasteiger partial charge in [0.15, 0.2) is 0 Å². The molecule has 0 aromatic heterocycles. The molecule has 4 heteroatoms. The van der Waals surface area contributed by atoms with Crippen LogP contribution >= 0.6 is 0 Å². The molecule has 0 heterocycles. The Morgan fingerprint density at radius 1 is 1.50 bits per heavy atom. The molecule has 0 bridgehead atoms. The van der Waals surface area contributed by atoms with Crippen LogP contribution in [0.1, 0.15) is 13.3 Å². The predicted octanol–water partition coefficient (Wildman–Crippen LogP) is 0.176. The molecule has 0 atom stereocenters. The highest BCUT2D eigenvalue weighted by Crippen LogP contribution is 1.78. The number of carbonyl (C=O) groups is 1. The van der Waals surface area contributed by atoms with E-state index < -0.39 is 0 Å². The second-order valence-electron chi connectivity index (χ2n) is 2.33. The molecule has 0 aliphatic heterocycles. The van der Waals surface area contributed by atoms with Crippen molar-refractivity contribution in [3.8, 4) is 0 Å². The number of methoxy groups -OCH3 is 1. The van der Waals surface area contributed by atoms with Crippen LogP contribution in [0.5, 0.6) is 0 Å². The molecular weight excluding hydrogens is 158 g/mol. The van der Waals surface area contributed by atoms with Crippen LogP contribution in [-0.2, 0) is 14.3 Å². The molecular formula is C8H17NO3. The second-order valence-corrected chi connectivity index (χ2v) is 2.33. The summed E-state index contributed by atoms with van der Waals surface area (Å²) in [7, 11) is 1.66. The van der Waals surface area contributed by atoms with Gasteiger partial charge < -0.3 is 14.8 Å². The van der Waals surface area contributed by atoms with Crippen LogP contribution in [0.4, 0.5) is 0 Å². The van der Waals surface area contributed by atoms with Crippen molar-refractivity contribution in [1.82, 2.24) is 5.32 Å². The minimum absolute atomic E-state index is 0.199. The lowest BCUT2D eigenvalue weighted by Gasteiger charge is -2.03. The maximum absolute atomic E-state index is 10.8. The van der Waals surface area contributed by atoms with E-state index in [-0.39, 0.29) is 12.5 Å². The SMILES string of the molecule is CCOC(=O)CNCCCOC. The Morgan fingerprint density at radius 2 is 2.25 bits per heavy atom. The molecule has 0 aromatic carbocycles. The minimum Gasteiger partial charge on any atom is -0.465 e. The average Bonchev–Trinajstić information content (AvgIpc) is 2.05. The van der Waals surface area contributed by atoms with Crippen LogP contribution < -0.4 is 5.32 Å². The van der Waals surface area contributed by atoms with E-state index in [0.717, 1.165) is 19.6 Å². The molecule has 1 N–H and O–H groups in total. The smallest absolute Gasteiger partial charge is 0.319 e. The van der Waals surface area contributed by atoms with Gasteiger partial charge in [-0.05, 0) is 19.9 Å². The quantitative estimate of drug-likeness (QED) is 0.443. The van der Waals surface area contributed by atoms with E-state index in [2.05, 4.69) is 5.32 Å². The summed E-state index contributed by atoms with van der Waals surface area (Å²) in [6.07, 6.45) is 0.913. The molecule has 0 unspecified atom stereocenters. The Balaban J connectivity index is 3.03. The van der Waals surface area contributed by atoms with Crippen molar-refractivity contribution in [3.05, 3.63) is 0 Å². The highest BCUT2D eigenvalue weighted by Gasteiger charge is 1.98. The summed E-state index contributed by atoms with van der Waals surface area (Å²) in [4.78, 5) is 10.8. The summed E-state index contributed by atoms with van der Waals surface area (Å²) in [6, 6.07) is 0. The van der Waals surface area contributed by atoms with E-state index in [1.807, 2.05) is 0 Å². The first-order valence-corrected chi connectivity index (χ1v) is 4.16. The van der Waals surface area contributed by atoms with Gasteiger partial charge in [0.2, 0.25) is 0 Å². The standard InChI is InChI=1S/C8H17NO3/c1-3-12-8(10)7-9-5-4-6-11-2/h9H,3-7H2,1-2H3. The molecule has 72 valence electrons. The minimum atomic E-state index is -0.199. The van der Waals surface area contributed by atoms with Crippen molar-refractivity contribution in [3.63, 3.8) is 0 Å². The van der Waals surface area contributed by atoms with Gasteiger partial charge in [-0.1, -0.05) is 0 Å². The summed E-state index contributed by atoms with van der Waals surface area (Å²) in [5, 5.41) is 2.95. The Labute approximate surface area is 73.2 Å². The van der Waals surface area contributed by atoms with Crippen LogP contribution in [0.3, 0.4) is 0 Å². The van der Waals surface area contributed by atoms with Crippen LogP contribution in [0, 0.1) is 0 Å². The fraction of sp³-hybridized carbons (Fsp3) is 0.875. The van der Waals surface area contributed by atoms with Crippen molar-refractivity contribution in [2.24, 2.45) is 0 Å². The fourth-order valence-corrected chi connectivity index (χ4v) is 0.744. The van der Waals surface area contributed by atoms with Gasteiger partial charge in [0.05, 0.1) is 13.2 Å². The molecule has 0 saturated carbocycles. The molecule has 0 amide bonds. The van der Waals surface area contributed by atoms with Gasteiger partial charge in [-0.25, -0.2) is 0 Å². The van der Waals surface area contributed by atoms with Crippen LogP contribution in [0.2, 0.25) is 0 Å². The van der Waals surface area contributed by atoms with Gasteiger partial charge in [-0.15, -0.1) is 0 Å². The van der Waals surface area contributed by atoms with E-state index >= 15 is 0 Å². The molecule has 0 rings (SSSR count). The molecule has 0 aliphatic rings. The van der Waals surface area contributed by atoms with Crippen LogP contribution in [0.15, 0.2) is 0 Å². The van der Waals surface area contributed by atoms with E-state index in [9.17, 15) is 4.79 Å². The summed E-state index contributed by atoms with van der Waals surface area (Å²) >= 11 is 0. The van der Waals surface area contributed by atoms with Gasteiger partial charge in [-0.2, -0.15) is 0 Å². The third-order valence-corrected chi connectivity index (χ3v) is 1.28. The average molecular weight is 175 g/mol. The monoisotopic (exact) mass is 175 g/mol. The molecule has 0 spiro atoms. The van der Waals surface area contributed by atoms with E-state index in [4.69, 9.17) is 9.47 Å². The Kier molecular flexibility index (Phi) is 8.05. The van der Waals surface area contributed by atoms with Crippen molar-refractivity contribution < 1.29 is 14.3 Å². The second kappa shape index (κ2) is 8.49. The Hall–Kier alpha value is -0.610. The summed E-state index contributed by atoms with van der Waals surface area (Å²) < 4.78 is 9.56. The number of hydrogen-bond donors (Lipinski definition) is 1. The van der Waals surface area contributed by atoms with Gasteiger partial charge in [0, 0.05) is 13.7 Å². The first kappa shape index (κ1) is 11.4. The lowest BCUT2D eigenvalue weighted by atomic mass is 10.4. The Bertz CT molecular complexity index is 117. The number of nitrogens with one attached hydrogen (secondary N) is 1. The third kappa shape index (κ3) is 7.50. The van der Waals surface area contributed by atoms with E-state index in [0.29, 0.717) is 6.61 Å². The zero-order chi connectivity index (χ0) is 9.23. The summed E-state index contributed by atoms with van der Waals surface area (Å²) in [5.74, 6) is -0.199. The topological polar surface area (TPSA) is 47.6 Å². The largest absolute Gasteiger partial charge is 0.465 e. The molecule has 0 aliphatic carbocycles.